The quantitative estimate of drug-likeness (QED) is 0.704. The van der Waals surface area contributed by atoms with E-state index in [-0.39, 0.29) is 12.5 Å². The summed E-state index contributed by atoms with van der Waals surface area (Å²) in [6.07, 6.45) is 4.28. The van der Waals surface area contributed by atoms with Crippen LogP contribution in [0.25, 0.3) is 5.69 Å². The van der Waals surface area contributed by atoms with Crippen molar-refractivity contribution < 1.29 is 9.53 Å². The fraction of sp³-hybridized carbons (Fsp3) is 0.250. The zero-order chi connectivity index (χ0) is 18.4. The zero-order valence-corrected chi connectivity index (χ0v) is 14.9. The normalized spacial score (nSPS) is 11.8. The van der Waals surface area contributed by atoms with Crippen LogP contribution in [0.1, 0.15) is 31.7 Å². The lowest BCUT2D eigenvalue weighted by Crippen LogP contribution is -2.20. The first-order valence-corrected chi connectivity index (χ1v) is 8.64. The lowest BCUT2D eigenvalue weighted by molar-refractivity contribution is -0.118. The SMILES string of the molecule is CCC(C)c1ccc(OCC(=O)Nc2ccccc2)c(-n2cnnc2)c1. The molecule has 3 rings (SSSR count). The minimum absolute atomic E-state index is 0.0767. The number of benzene rings is 2. The van der Waals surface area contributed by atoms with Gasteiger partial charge in [-0.15, -0.1) is 10.2 Å². The summed E-state index contributed by atoms with van der Waals surface area (Å²) in [6, 6.07) is 15.3. The van der Waals surface area contributed by atoms with Gasteiger partial charge in [-0.1, -0.05) is 38.1 Å². The van der Waals surface area contributed by atoms with Crippen LogP contribution in [0.4, 0.5) is 5.69 Å². The molecule has 0 fully saturated rings. The number of amides is 1. The van der Waals surface area contributed by atoms with Gasteiger partial charge < -0.3 is 10.1 Å². The van der Waals surface area contributed by atoms with Gasteiger partial charge in [-0.25, -0.2) is 0 Å². The van der Waals surface area contributed by atoms with Crippen LogP contribution in [0.15, 0.2) is 61.2 Å². The molecule has 1 atom stereocenters. The summed E-state index contributed by atoms with van der Waals surface area (Å²) in [5.74, 6) is 0.831. The molecule has 0 aliphatic rings. The Bertz CT molecular complexity index is 848. The van der Waals surface area contributed by atoms with Crippen LogP contribution in [-0.4, -0.2) is 27.3 Å². The third-order valence-corrected chi connectivity index (χ3v) is 4.28. The number of aromatic nitrogens is 3. The van der Waals surface area contributed by atoms with Crippen molar-refractivity contribution in [1.82, 2.24) is 14.8 Å². The Morgan fingerprint density at radius 2 is 1.88 bits per heavy atom. The van der Waals surface area contributed by atoms with Gasteiger partial charge in [0, 0.05) is 5.69 Å². The Labute approximate surface area is 152 Å². The van der Waals surface area contributed by atoms with Crippen molar-refractivity contribution >= 4 is 11.6 Å². The van der Waals surface area contributed by atoms with Crippen LogP contribution in [0, 0.1) is 0 Å². The van der Waals surface area contributed by atoms with Gasteiger partial charge in [0.25, 0.3) is 5.91 Å². The first kappa shape index (κ1) is 17.7. The molecule has 0 saturated heterocycles. The van der Waals surface area contributed by atoms with Crippen LogP contribution >= 0.6 is 0 Å². The van der Waals surface area contributed by atoms with Gasteiger partial charge in [-0.3, -0.25) is 9.36 Å². The molecular formula is C20H22N4O2. The lowest BCUT2D eigenvalue weighted by atomic mass is 9.98. The van der Waals surface area contributed by atoms with Crippen LogP contribution < -0.4 is 10.1 Å². The van der Waals surface area contributed by atoms with E-state index >= 15 is 0 Å². The molecule has 3 aromatic rings. The topological polar surface area (TPSA) is 69.0 Å². The fourth-order valence-corrected chi connectivity index (χ4v) is 2.59. The summed E-state index contributed by atoms with van der Waals surface area (Å²) in [5, 5.41) is 10.5. The van der Waals surface area contributed by atoms with Gasteiger partial charge >= 0.3 is 0 Å². The van der Waals surface area contributed by atoms with Crippen molar-refractivity contribution in [3.8, 4) is 11.4 Å². The molecule has 2 aromatic carbocycles. The number of nitrogens with one attached hydrogen (secondary N) is 1. The number of para-hydroxylation sites is 1. The van der Waals surface area contributed by atoms with Gasteiger partial charge in [0.2, 0.25) is 0 Å². The number of carbonyl (C=O) groups excluding carboxylic acids is 1. The fourth-order valence-electron chi connectivity index (χ4n) is 2.59. The molecule has 0 spiro atoms. The van der Waals surface area contributed by atoms with E-state index in [1.807, 2.05) is 42.5 Å². The first-order valence-electron chi connectivity index (χ1n) is 8.64. The van der Waals surface area contributed by atoms with Crippen molar-refractivity contribution in [3.05, 3.63) is 66.7 Å². The predicted molar refractivity (Wildman–Crippen MR) is 101 cm³/mol. The van der Waals surface area contributed by atoms with E-state index < -0.39 is 0 Å². The molecule has 1 aromatic heterocycles. The molecule has 6 nitrogen and oxygen atoms in total. The number of rotatable bonds is 7. The van der Waals surface area contributed by atoms with Gasteiger partial charge in [0.05, 0.1) is 5.69 Å². The average Bonchev–Trinajstić information content (AvgIpc) is 3.21. The van der Waals surface area contributed by atoms with Gasteiger partial charge in [0.1, 0.15) is 18.4 Å². The highest BCUT2D eigenvalue weighted by Crippen LogP contribution is 2.28. The van der Waals surface area contributed by atoms with Crippen LogP contribution in [0.5, 0.6) is 5.75 Å². The van der Waals surface area contributed by atoms with Gasteiger partial charge in [0.15, 0.2) is 6.61 Å². The van der Waals surface area contributed by atoms with Crippen LogP contribution in [0.3, 0.4) is 0 Å². The van der Waals surface area contributed by atoms with E-state index in [1.165, 1.54) is 5.56 Å². The Morgan fingerprint density at radius 1 is 1.15 bits per heavy atom. The number of ether oxygens (including phenoxy) is 1. The molecular weight excluding hydrogens is 328 g/mol. The van der Waals surface area contributed by atoms with Crippen molar-refractivity contribution in [3.63, 3.8) is 0 Å². The number of nitrogens with zero attached hydrogens (tertiary/aromatic N) is 3. The van der Waals surface area contributed by atoms with Crippen molar-refractivity contribution in [1.29, 1.82) is 0 Å². The largest absolute Gasteiger partial charge is 0.482 e. The molecule has 1 amide bonds. The number of hydrogen-bond donors (Lipinski definition) is 1. The monoisotopic (exact) mass is 350 g/mol. The molecule has 0 aliphatic heterocycles. The minimum atomic E-state index is -0.211. The highest BCUT2D eigenvalue weighted by molar-refractivity contribution is 5.91. The summed E-state index contributed by atoms with van der Waals surface area (Å²) in [5.41, 5.74) is 2.77. The Hall–Kier alpha value is -3.15. The van der Waals surface area contributed by atoms with Crippen LogP contribution in [0.2, 0.25) is 0 Å². The summed E-state index contributed by atoms with van der Waals surface area (Å²) < 4.78 is 7.56. The smallest absolute Gasteiger partial charge is 0.262 e. The molecule has 0 radical (unpaired) electrons. The first-order chi connectivity index (χ1) is 12.7. The van der Waals surface area contributed by atoms with Crippen LogP contribution in [-0.2, 0) is 4.79 Å². The standard InChI is InChI=1S/C20H22N4O2/c1-3-15(2)16-9-10-19(18(11-16)24-13-21-22-14-24)26-12-20(25)23-17-7-5-4-6-8-17/h4-11,13-15H,3,12H2,1-2H3,(H,23,25). The molecule has 0 bridgehead atoms. The van der Waals surface area contributed by atoms with Crippen molar-refractivity contribution in [2.45, 2.75) is 26.2 Å². The second-order valence-corrected chi connectivity index (χ2v) is 6.11. The van der Waals surface area contributed by atoms with Gasteiger partial charge in [-0.2, -0.15) is 0 Å². The Kier molecular flexibility index (Phi) is 5.63. The maximum atomic E-state index is 12.1. The third kappa shape index (κ3) is 4.27. The third-order valence-electron chi connectivity index (χ3n) is 4.28. The number of hydrogen-bond acceptors (Lipinski definition) is 4. The molecule has 0 saturated carbocycles. The average molecular weight is 350 g/mol. The molecule has 1 heterocycles. The van der Waals surface area contributed by atoms with E-state index in [1.54, 1.807) is 17.2 Å². The number of anilines is 1. The molecule has 0 aliphatic carbocycles. The zero-order valence-electron chi connectivity index (χ0n) is 14.9. The van der Waals surface area contributed by atoms with E-state index in [2.05, 4.69) is 35.4 Å². The summed E-state index contributed by atoms with van der Waals surface area (Å²) in [7, 11) is 0. The predicted octanol–water partition coefficient (Wildman–Crippen LogP) is 3.80. The molecule has 134 valence electrons. The Morgan fingerprint density at radius 3 is 2.58 bits per heavy atom. The lowest BCUT2D eigenvalue weighted by Gasteiger charge is -2.16. The highest BCUT2D eigenvalue weighted by Gasteiger charge is 2.12. The molecule has 1 unspecified atom stereocenters. The maximum absolute atomic E-state index is 12.1. The van der Waals surface area contributed by atoms with Crippen molar-refractivity contribution in [2.75, 3.05) is 11.9 Å². The van der Waals surface area contributed by atoms with E-state index in [9.17, 15) is 4.79 Å². The summed E-state index contributed by atoms with van der Waals surface area (Å²) >= 11 is 0. The summed E-state index contributed by atoms with van der Waals surface area (Å²) in [4.78, 5) is 12.1. The highest BCUT2D eigenvalue weighted by atomic mass is 16.5. The Balaban J connectivity index is 1.75. The molecule has 26 heavy (non-hydrogen) atoms. The number of carbonyl (C=O) groups is 1. The van der Waals surface area contributed by atoms with Gasteiger partial charge in [-0.05, 0) is 42.2 Å². The van der Waals surface area contributed by atoms with E-state index in [0.29, 0.717) is 11.7 Å². The van der Waals surface area contributed by atoms with E-state index in [4.69, 9.17) is 4.74 Å². The van der Waals surface area contributed by atoms with Crippen molar-refractivity contribution in [2.24, 2.45) is 0 Å². The molecule has 6 heteroatoms. The minimum Gasteiger partial charge on any atom is -0.482 e. The summed E-state index contributed by atoms with van der Waals surface area (Å²) in [6.45, 7) is 4.26. The second-order valence-electron chi connectivity index (χ2n) is 6.11. The van der Waals surface area contributed by atoms with E-state index in [0.717, 1.165) is 17.8 Å². The second kappa shape index (κ2) is 8.29. The molecule has 1 N–H and O–H groups in total. The maximum Gasteiger partial charge on any atom is 0.262 e.